The molecule has 2 aromatic carbocycles. The summed E-state index contributed by atoms with van der Waals surface area (Å²) in [6.45, 7) is -0.439. The molecular formula is C18H17NO4. The van der Waals surface area contributed by atoms with Crippen LogP contribution in [0.3, 0.4) is 0 Å². The van der Waals surface area contributed by atoms with Crippen molar-refractivity contribution in [2.45, 2.75) is 12.1 Å². The Morgan fingerprint density at radius 1 is 1.13 bits per heavy atom. The van der Waals surface area contributed by atoms with Crippen LogP contribution in [-0.2, 0) is 21.7 Å². The predicted octanol–water partition coefficient (Wildman–Crippen LogP) is 1.70. The van der Waals surface area contributed by atoms with Gasteiger partial charge in [-0.05, 0) is 11.6 Å². The molecule has 1 aliphatic rings. The number of hydrogen-bond acceptors (Lipinski definition) is 4. The zero-order valence-electron chi connectivity index (χ0n) is 12.7. The molecule has 3 rings (SSSR count). The SMILES string of the molecule is CN1C(=O)c2ccccc2C1(CO)C(=O)OCc1ccccc1. The Bertz CT molecular complexity index is 744. The van der Waals surface area contributed by atoms with Gasteiger partial charge in [0.2, 0.25) is 0 Å². The standard InChI is InChI=1S/C18H17NO4/c1-19-16(21)14-9-5-6-10-15(14)18(19,12-20)17(22)23-11-13-7-3-2-4-8-13/h2-10,20H,11-12H2,1H3. The molecule has 1 atom stereocenters. The molecule has 2 aromatic rings. The molecule has 118 valence electrons. The van der Waals surface area contributed by atoms with Crippen LogP contribution in [0.2, 0.25) is 0 Å². The van der Waals surface area contributed by atoms with Gasteiger partial charge in [0.1, 0.15) is 6.61 Å². The Hall–Kier alpha value is -2.66. The molecule has 1 unspecified atom stereocenters. The number of benzene rings is 2. The molecule has 0 spiro atoms. The zero-order valence-corrected chi connectivity index (χ0v) is 12.7. The number of likely N-dealkylation sites (N-methyl/N-ethyl adjacent to an activating group) is 1. The molecule has 0 aromatic heterocycles. The highest BCUT2D eigenvalue weighted by Gasteiger charge is 2.54. The monoisotopic (exact) mass is 311 g/mol. The molecular weight excluding hydrogens is 294 g/mol. The maximum Gasteiger partial charge on any atom is 0.339 e. The van der Waals surface area contributed by atoms with Crippen LogP contribution in [0.15, 0.2) is 54.6 Å². The molecule has 1 amide bonds. The number of esters is 1. The molecule has 1 aliphatic heterocycles. The molecule has 23 heavy (non-hydrogen) atoms. The highest BCUT2D eigenvalue weighted by molar-refractivity contribution is 6.05. The Morgan fingerprint density at radius 3 is 2.48 bits per heavy atom. The third-order valence-corrected chi connectivity index (χ3v) is 4.26. The van der Waals surface area contributed by atoms with Crippen molar-refractivity contribution in [1.29, 1.82) is 0 Å². The van der Waals surface area contributed by atoms with Gasteiger partial charge in [-0.25, -0.2) is 4.79 Å². The summed E-state index contributed by atoms with van der Waals surface area (Å²) in [5.74, 6) is -0.934. The van der Waals surface area contributed by atoms with Gasteiger partial charge >= 0.3 is 5.97 Å². The summed E-state index contributed by atoms with van der Waals surface area (Å²) in [4.78, 5) is 26.3. The van der Waals surface area contributed by atoms with Gasteiger partial charge in [-0.1, -0.05) is 48.5 Å². The van der Waals surface area contributed by atoms with Crippen LogP contribution in [0, 0.1) is 0 Å². The number of ether oxygens (including phenoxy) is 1. The summed E-state index contributed by atoms with van der Waals surface area (Å²) >= 11 is 0. The van der Waals surface area contributed by atoms with Crippen LogP contribution in [0.1, 0.15) is 21.5 Å². The van der Waals surface area contributed by atoms with Gasteiger partial charge in [-0.15, -0.1) is 0 Å². The number of carbonyl (C=O) groups is 2. The first-order valence-corrected chi connectivity index (χ1v) is 7.31. The van der Waals surface area contributed by atoms with Crippen molar-refractivity contribution >= 4 is 11.9 Å². The first-order chi connectivity index (χ1) is 11.1. The number of fused-ring (bicyclic) bond motifs is 1. The Morgan fingerprint density at radius 2 is 1.78 bits per heavy atom. The number of nitrogens with zero attached hydrogens (tertiary/aromatic N) is 1. The Balaban J connectivity index is 1.92. The normalized spacial score (nSPS) is 19.6. The second-order valence-electron chi connectivity index (χ2n) is 5.49. The molecule has 0 radical (unpaired) electrons. The van der Waals surface area contributed by atoms with Crippen LogP contribution in [-0.4, -0.2) is 35.5 Å². The lowest BCUT2D eigenvalue weighted by atomic mass is 9.90. The summed E-state index contributed by atoms with van der Waals surface area (Å²) in [7, 11) is 1.50. The van der Waals surface area contributed by atoms with E-state index < -0.39 is 18.1 Å². The predicted molar refractivity (Wildman–Crippen MR) is 83.5 cm³/mol. The number of aliphatic hydroxyl groups is 1. The van der Waals surface area contributed by atoms with Crippen molar-refractivity contribution in [3.8, 4) is 0 Å². The topological polar surface area (TPSA) is 66.8 Å². The summed E-state index contributed by atoms with van der Waals surface area (Å²) in [6, 6.07) is 16.1. The maximum absolute atomic E-state index is 12.7. The lowest BCUT2D eigenvalue weighted by Gasteiger charge is -2.32. The number of aliphatic hydroxyl groups excluding tert-OH is 1. The number of rotatable bonds is 4. The van der Waals surface area contributed by atoms with E-state index in [4.69, 9.17) is 4.74 Å². The van der Waals surface area contributed by atoms with Crippen molar-refractivity contribution in [2.24, 2.45) is 0 Å². The van der Waals surface area contributed by atoms with Gasteiger partial charge < -0.3 is 14.7 Å². The summed E-state index contributed by atoms with van der Waals surface area (Å²) in [5, 5.41) is 9.92. The number of amides is 1. The summed E-state index contributed by atoms with van der Waals surface area (Å²) in [6.07, 6.45) is 0. The lowest BCUT2D eigenvalue weighted by molar-refractivity contribution is -0.160. The van der Waals surface area contributed by atoms with E-state index >= 15 is 0 Å². The molecule has 0 fully saturated rings. The van der Waals surface area contributed by atoms with Gasteiger partial charge in [-0.2, -0.15) is 0 Å². The molecule has 5 heteroatoms. The van der Waals surface area contributed by atoms with Gasteiger partial charge in [0.15, 0.2) is 5.54 Å². The minimum absolute atomic E-state index is 0.0889. The first kappa shape index (κ1) is 15.2. The van der Waals surface area contributed by atoms with E-state index in [2.05, 4.69) is 0 Å². The third kappa shape index (κ3) is 2.29. The van der Waals surface area contributed by atoms with Crippen molar-refractivity contribution < 1.29 is 19.4 Å². The number of carbonyl (C=O) groups excluding carboxylic acids is 2. The van der Waals surface area contributed by atoms with E-state index in [1.54, 1.807) is 24.3 Å². The molecule has 5 nitrogen and oxygen atoms in total. The smallest absolute Gasteiger partial charge is 0.339 e. The highest BCUT2D eigenvalue weighted by Crippen LogP contribution is 2.39. The van der Waals surface area contributed by atoms with Gasteiger partial charge in [-0.3, -0.25) is 4.79 Å². The highest BCUT2D eigenvalue weighted by atomic mass is 16.5. The van der Waals surface area contributed by atoms with Gasteiger partial charge in [0.25, 0.3) is 5.91 Å². The second kappa shape index (κ2) is 5.85. The average molecular weight is 311 g/mol. The number of hydrogen-bond donors (Lipinski definition) is 1. The van der Waals surface area contributed by atoms with Crippen molar-refractivity contribution in [2.75, 3.05) is 13.7 Å². The Kier molecular flexibility index (Phi) is 3.88. The van der Waals surface area contributed by atoms with Gasteiger partial charge in [0, 0.05) is 18.2 Å². The minimum atomic E-state index is -1.48. The molecule has 1 N–H and O–H groups in total. The van der Waals surface area contributed by atoms with E-state index in [0.29, 0.717) is 11.1 Å². The fourth-order valence-corrected chi connectivity index (χ4v) is 2.91. The van der Waals surface area contributed by atoms with E-state index in [-0.39, 0.29) is 12.5 Å². The third-order valence-electron chi connectivity index (χ3n) is 4.26. The van der Waals surface area contributed by atoms with Crippen molar-refractivity contribution in [3.63, 3.8) is 0 Å². The molecule has 0 bridgehead atoms. The molecule has 0 saturated carbocycles. The van der Waals surface area contributed by atoms with Crippen molar-refractivity contribution in [3.05, 3.63) is 71.3 Å². The largest absolute Gasteiger partial charge is 0.459 e. The quantitative estimate of drug-likeness (QED) is 0.873. The summed E-state index contributed by atoms with van der Waals surface area (Å²) < 4.78 is 5.39. The van der Waals surface area contributed by atoms with E-state index in [1.807, 2.05) is 30.3 Å². The lowest BCUT2D eigenvalue weighted by Crippen LogP contribution is -2.51. The fourth-order valence-electron chi connectivity index (χ4n) is 2.91. The van der Waals surface area contributed by atoms with E-state index in [9.17, 15) is 14.7 Å². The van der Waals surface area contributed by atoms with Gasteiger partial charge in [0.05, 0.1) is 6.61 Å². The van der Waals surface area contributed by atoms with Crippen LogP contribution >= 0.6 is 0 Å². The first-order valence-electron chi connectivity index (χ1n) is 7.31. The van der Waals surface area contributed by atoms with E-state index in [1.165, 1.54) is 11.9 Å². The zero-order chi connectivity index (χ0) is 16.4. The molecule has 0 saturated heterocycles. The van der Waals surface area contributed by atoms with Crippen LogP contribution in [0.5, 0.6) is 0 Å². The maximum atomic E-state index is 12.7. The Labute approximate surface area is 134 Å². The average Bonchev–Trinajstić information content (AvgIpc) is 2.83. The molecule has 0 aliphatic carbocycles. The summed E-state index contributed by atoms with van der Waals surface area (Å²) in [5.41, 5.74) is 0.255. The van der Waals surface area contributed by atoms with Crippen LogP contribution in [0.25, 0.3) is 0 Å². The molecule has 1 heterocycles. The van der Waals surface area contributed by atoms with E-state index in [0.717, 1.165) is 5.56 Å². The fraction of sp³-hybridized carbons (Fsp3) is 0.222. The van der Waals surface area contributed by atoms with Crippen LogP contribution < -0.4 is 0 Å². The van der Waals surface area contributed by atoms with Crippen LogP contribution in [0.4, 0.5) is 0 Å². The second-order valence-corrected chi connectivity index (χ2v) is 5.49. The van der Waals surface area contributed by atoms with Crippen molar-refractivity contribution in [1.82, 2.24) is 4.90 Å². The minimum Gasteiger partial charge on any atom is -0.459 e.